The van der Waals surface area contributed by atoms with Gasteiger partial charge in [0.05, 0.1) is 0 Å². The van der Waals surface area contributed by atoms with Gasteiger partial charge in [-0.2, -0.15) is 8.42 Å². The topological polar surface area (TPSA) is 121 Å². The first-order valence-corrected chi connectivity index (χ1v) is 12.1. The third-order valence-corrected chi connectivity index (χ3v) is 7.86. The highest BCUT2D eigenvalue weighted by atomic mass is 32.2. The molecule has 0 amide bonds. The van der Waals surface area contributed by atoms with Crippen LogP contribution in [0.3, 0.4) is 0 Å². The van der Waals surface area contributed by atoms with Crippen molar-refractivity contribution in [1.82, 2.24) is 0 Å². The summed E-state index contributed by atoms with van der Waals surface area (Å²) < 4.78 is 49.5. The zero-order valence-electron chi connectivity index (χ0n) is 15.5. The number of rotatable bonds is 10. The van der Waals surface area contributed by atoms with E-state index in [2.05, 4.69) is 6.92 Å². The zero-order chi connectivity index (χ0) is 20.8. The Morgan fingerprint density at radius 2 is 1.61 bits per heavy atom. The fourth-order valence-corrected chi connectivity index (χ4v) is 5.24. The van der Waals surface area contributed by atoms with E-state index in [0.717, 1.165) is 18.4 Å². The van der Waals surface area contributed by atoms with Crippen LogP contribution in [0.1, 0.15) is 43.4 Å². The van der Waals surface area contributed by atoms with Crippen LogP contribution in [-0.2, 0) is 21.1 Å². The summed E-state index contributed by atoms with van der Waals surface area (Å²) in [7, 11) is -9.94. The van der Waals surface area contributed by atoms with Crippen molar-refractivity contribution < 1.29 is 32.1 Å². The van der Waals surface area contributed by atoms with Crippen LogP contribution in [0.25, 0.3) is 0 Å². The number of aryl methyl sites for hydroxylation is 1. The maximum atomic E-state index is 11.5. The van der Waals surface area contributed by atoms with Crippen molar-refractivity contribution in [3.8, 4) is 5.75 Å². The smallest absolute Gasteiger partial charge is 0.346 e. The lowest BCUT2D eigenvalue weighted by Gasteiger charge is -2.22. The molecule has 2 unspecified atom stereocenters. The molecule has 2 aromatic rings. The molecule has 0 fully saturated rings. The molecule has 0 radical (unpaired) electrons. The second-order valence-electron chi connectivity index (χ2n) is 6.55. The molecule has 2 atom stereocenters. The maximum Gasteiger partial charge on any atom is 0.346 e. The predicted octanol–water partition coefficient (Wildman–Crippen LogP) is 3.93. The Balaban J connectivity index is 2.22. The molecule has 0 spiro atoms. The minimum absolute atomic E-state index is 0.00368. The highest BCUT2D eigenvalue weighted by Crippen LogP contribution is 2.47. The molecule has 9 heteroatoms. The van der Waals surface area contributed by atoms with E-state index in [-0.39, 0.29) is 6.42 Å². The molecule has 0 heterocycles. The summed E-state index contributed by atoms with van der Waals surface area (Å²) in [4.78, 5) is 16.4. The first kappa shape index (κ1) is 22.6. The van der Waals surface area contributed by atoms with Gasteiger partial charge in [0.1, 0.15) is 11.9 Å². The maximum absolute atomic E-state index is 11.5. The van der Waals surface area contributed by atoms with Crippen LogP contribution in [0, 0.1) is 0 Å². The van der Waals surface area contributed by atoms with Crippen molar-refractivity contribution >= 4 is 17.7 Å². The van der Waals surface area contributed by atoms with Gasteiger partial charge < -0.3 is 14.5 Å². The normalized spacial score (nSPS) is 14.4. The molecule has 0 saturated carbocycles. The molecular weight excluding hydrogens is 403 g/mol. The average Bonchev–Trinajstić information content (AvgIpc) is 2.61. The Morgan fingerprint density at radius 1 is 1.00 bits per heavy atom. The van der Waals surface area contributed by atoms with Gasteiger partial charge in [-0.15, -0.1) is 0 Å². The Labute approximate surface area is 165 Å². The van der Waals surface area contributed by atoms with Gasteiger partial charge in [0, 0.05) is 0 Å². The van der Waals surface area contributed by atoms with Gasteiger partial charge in [0.2, 0.25) is 0 Å². The minimum Gasteiger partial charge on any atom is -0.486 e. The highest BCUT2D eigenvalue weighted by Gasteiger charge is 2.40. The third-order valence-electron chi connectivity index (χ3n) is 4.31. The summed E-state index contributed by atoms with van der Waals surface area (Å²) in [6, 6.07) is 16.5. The summed E-state index contributed by atoms with van der Waals surface area (Å²) in [6.45, 7) is 2.09. The van der Waals surface area contributed by atoms with Crippen molar-refractivity contribution in [2.75, 3.05) is 0 Å². The molecule has 0 aliphatic carbocycles. The summed E-state index contributed by atoms with van der Waals surface area (Å²) >= 11 is 0. The van der Waals surface area contributed by atoms with Crippen LogP contribution in [0.15, 0.2) is 54.6 Å². The molecule has 0 aromatic heterocycles. The first-order valence-electron chi connectivity index (χ1n) is 8.93. The first-order chi connectivity index (χ1) is 13.1. The van der Waals surface area contributed by atoms with Gasteiger partial charge in [0.25, 0.3) is 10.1 Å². The number of hydrogen-bond donors (Lipinski definition) is 3. The van der Waals surface area contributed by atoms with Crippen LogP contribution in [0.5, 0.6) is 5.75 Å². The van der Waals surface area contributed by atoms with Crippen LogP contribution in [0.2, 0.25) is 0 Å². The fraction of sp³-hybridized carbons (Fsp3) is 0.368. The lowest BCUT2D eigenvalue weighted by Crippen LogP contribution is -2.22. The minimum atomic E-state index is -5.04. The van der Waals surface area contributed by atoms with E-state index in [1.807, 2.05) is 30.3 Å². The summed E-state index contributed by atoms with van der Waals surface area (Å²) in [5.74, 6) is 0.563. The second kappa shape index (κ2) is 9.67. The van der Waals surface area contributed by atoms with Crippen molar-refractivity contribution in [3.05, 3.63) is 65.7 Å². The van der Waals surface area contributed by atoms with Gasteiger partial charge >= 0.3 is 7.60 Å². The van der Waals surface area contributed by atoms with Crippen molar-refractivity contribution in [2.45, 2.75) is 43.7 Å². The Hall–Kier alpha value is -1.70. The van der Waals surface area contributed by atoms with E-state index in [1.54, 1.807) is 24.3 Å². The molecule has 2 rings (SSSR count). The van der Waals surface area contributed by atoms with Crippen LogP contribution < -0.4 is 4.74 Å². The fourth-order valence-electron chi connectivity index (χ4n) is 2.93. The zero-order valence-corrected chi connectivity index (χ0v) is 17.2. The van der Waals surface area contributed by atoms with E-state index in [9.17, 15) is 27.3 Å². The molecule has 0 aliphatic rings. The summed E-state index contributed by atoms with van der Waals surface area (Å²) in [5.41, 5.74) is 1.90. The summed E-state index contributed by atoms with van der Waals surface area (Å²) in [6.07, 6.45) is 0.883. The second-order valence-corrected chi connectivity index (χ2v) is 10.3. The van der Waals surface area contributed by atoms with Crippen LogP contribution in [-0.4, -0.2) is 27.7 Å². The average molecular weight is 428 g/mol. The Bertz CT molecular complexity index is 892. The van der Waals surface area contributed by atoms with E-state index in [0.29, 0.717) is 5.75 Å². The summed E-state index contributed by atoms with van der Waals surface area (Å²) in [5, 5.41) is 0. The van der Waals surface area contributed by atoms with E-state index >= 15 is 0 Å². The van der Waals surface area contributed by atoms with E-state index in [4.69, 9.17) is 4.74 Å². The van der Waals surface area contributed by atoms with Crippen molar-refractivity contribution in [1.29, 1.82) is 0 Å². The van der Waals surface area contributed by atoms with Gasteiger partial charge in [-0.3, -0.25) is 9.12 Å². The van der Waals surface area contributed by atoms with Crippen LogP contribution >= 0.6 is 7.60 Å². The molecule has 154 valence electrons. The van der Waals surface area contributed by atoms with Gasteiger partial charge in [-0.05, 0) is 42.5 Å². The monoisotopic (exact) mass is 428 g/mol. The van der Waals surface area contributed by atoms with Gasteiger partial charge in [-0.1, -0.05) is 55.8 Å². The highest BCUT2D eigenvalue weighted by molar-refractivity contribution is 7.93. The molecule has 0 saturated heterocycles. The molecule has 3 N–H and O–H groups in total. The molecule has 2 aromatic carbocycles. The lowest BCUT2D eigenvalue weighted by molar-refractivity contribution is 0.191. The molecule has 7 nitrogen and oxygen atoms in total. The third kappa shape index (κ3) is 6.72. The van der Waals surface area contributed by atoms with E-state index in [1.165, 1.54) is 5.56 Å². The predicted molar refractivity (Wildman–Crippen MR) is 107 cm³/mol. The largest absolute Gasteiger partial charge is 0.486 e. The number of hydrogen-bond acceptors (Lipinski definition) is 4. The standard InChI is InChI=1S/C19H25O7PS/c1-2-6-15-9-11-17(12-10-15)26-18(16-7-4-3-5-8-16)13-14-19(27(20,21)22)28(23,24)25/h3-5,7-12,18-19H,2,6,13-14H2,1H3,(H2,20,21,22)(H,23,24,25). The van der Waals surface area contributed by atoms with Crippen LogP contribution in [0.4, 0.5) is 0 Å². The lowest BCUT2D eigenvalue weighted by atomic mass is 10.0. The number of ether oxygens (including phenoxy) is 1. The SMILES string of the molecule is CCCc1ccc(OC(CCC(P(=O)(O)O)S(=O)(=O)O)c2ccccc2)cc1. The van der Waals surface area contributed by atoms with Crippen molar-refractivity contribution in [2.24, 2.45) is 0 Å². The van der Waals surface area contributed by atoms with Gasteiger partial charge in [-0.25, -0.2) is 0 Å². The quantitative estimate of drug-likeness (QED) is 0.387. The molecule has 28 heavy (non-hydrogen) atoms. The van der Waals surface area contributed by atoms with E-state index < -0.39 is 35.2 Å². The Morgan fingerprint density at radius 3 is 2.11 bits per heavy atom. The van der Waals surface area contributed by atoms with Gasteiger partial charge in [0.15, 0.2) is 4.99 Å². The molecular formula is C19H25O7PS. The Kier molecular flexibility index (Phi) is 7.80. The van der Waals surface area contributed by atoms with Crippen molar-refractivity contribution in [3.63, 3.8) is 0 Å². The number of benzene rings is 2. The molecule has 0 bridgehead atoms. The molecule has 0 aliphatic heterocycles.